The maximum absolute atomic E-state index is 11.6. The van der Waals surface area contributed by atoms with Gasteiger partial charge in [-0.25, -0.2) is 4.79 Å². The molecule has 1 aliphatic rings. The standard InChI is InChI=1S/C19H19N3O4.C2HF3O/c20-17(21)13-3-1-12(2-4-13)11-26-16-6-5-15-10-22(18(23)19(24)25)8-7-14(15)9-16;3-2(4,5)1-6/h1-6,9H,7-8,10-11H2,(H3,20,21)(H,24,25);1H. The minimum atomic E-state index is -4.64. The molecule has 0 unspecified atom stereocenters. The van der Waals surface area contributed by atoms with E-state index in [9.17, 15) is 22.8 Å². The molecule has 1 amide bonds. The number of nitrogens with zero attached hydrogens (tertiary/aromatic N) is 1. The van der Waals surface area contributed by atoms with Crippen molar-refractivity contribution >= 4 is 24.0 Å². The topological polar surface area (TPSA) is 134 Å². The Labute approximate surface area is 180 Å². The number of aliphatic carboxylic acids is 1. The number of amides is 1. The van der Waals surface area contributed by atoms with Crippen molar-refractivity contribution in [1.82, 2.24) is 4.90 Å². The number of amidine groups is 1. The summed E-state index contributed by atoms with van der Waals surface area (Å²) in [7, 11) is 0. The fourth-order valence-corrected chi connectivity index (χ4v) is 2.87. The third-order valence-electron chi connectivity index (χ3n) is 4.46. The molecule has 0 spiro atoms. The molecule has 0 aromatic heterocycles. The van der Waals surface area contributed by atoms with E-state index in [1.165, 1.54) is 4.90 Å². The predicted molar refractivity (Wildman–Crippen MR) is 107 cm³/mol. The first-order valence-electron chi connectivity index (χ1n) is 9.23. The number of carboxylic acids is 1. The molecule has 0 bridgehead atoms. The van der Waals surface area contributed by atoms with Gasteiger partial charge in [0.2, 0.25) is 6.29 Å². The summed E-state index contributed by atoms with van der Waals surface area (Å²) >= 11 is 0. The minimum absolute atomic E-state index is 0.0302. The summed E-state index contributed by atoms with van der Waals surface area (Å²) in [6, 6.07) is 12.9. The number of carbonyl (C=O) groups excluding carboxylic acids is 2. The lowest BCUT2D eigenvalue weighted by atomic mass is 9.99. The van der Waals surface area contributed by atoms with Crippen LogP contribution >= 0.6 is 0 Å². The van der Waals surface area contributed by atoms with Gasteiger partial charge in [0.1, 0.15) is 18.2 Å². The highest BCUT2D eigenvalue weighted by molar-refractivity contribution is 6.31. The number of hydrogen-bond acceptors (Lipinski definition) is 5. The zero-order chi connectivity index (χ0) is 23.9. The van der Waals surface area contributed by atoms with Crippen LogP contribution in [0.1, 0.15) is 22.3 Å². The van der Waals surface area contributed by atoms with Gasteiger partial charge in [-0.2, -0.15) is 13.2 Å². The lowest BCUT2D eigenvalue weighted by Gasteiger charge is -2.27. The molecule has 32 heavy (non-hydrogen) atoms. The average molecular weight is 451 g/mol. The first kappa shape index (κ1) is 24.4. The van der Waals surface area contributed by atoms with Crippen molar-refractivity contribution in [1.29, 1.82) is 5.41 Å². The fourth-order valence-electron chi connectivity index (χ4n) is 2.87. The highest BCUT2D eigenvalue weighted by Crippen LogP contribution is 2.24. The molecule has 0 saturated carbocycles. The number of nitrogen functional groups attached to an aromatic ring is 1. The number of ether oxygens (including phenoxy) is 1. The van der Waals surface area contributed by atoms with Crippen molar-refractivity contribution in [3.63, 3.8) is 0 Å². The summed E-state index contributed by atoms with van der Waals surface area (Å²) in [5.74, 6) is -1.55. The van der Waals surface area contributed by atoms with Crippen LogP contribution in [-0.2, 0) is 34.0 Å². The maximum Gasteiger partial charge on any atom is 0.446 e. The smallest absolute Gasteiger partial charge is 0.446 e. The molecule has 11 heteroatoms. The van der Waals surface area contributed by atoms with Crippen LogP contribution in [0.25, 0.3) is 0 Å². The van der Waals surface area contributed by atoms with E-state index in [0.717, 1.165) is 22.4 Å². The Morgan fingerprint density at radius 3 is 2.31 bits per heavy atom. The first-order valence-corrected chi connectivity index (χ1v) is 9.23. The molecule has 1 heterocycles. The second-order valence-corrected chi connectivity index (χ2v) is 6.77. The molecule has 0 fully saturated rings. The number of fused-ring (bicyclic) bond motifs is 1. The van der Waals surface area contributed by atoms with Gasteiger partial charge in [-0.05, 0) is 35.2 Å². The van der Waals surface area contributed by atoms with E-state index in [-0.39, 0.29) is 5.84 Å². The monoisotopic (exact) mass is 451 g/mol. The number of alkyl halides is 3. The summed E-state index contributed by atoms with van der Waals surface area (Å²) in [6.07, 6.45) is -5.11. The normalized spacial score (nSPS) is 12.7. The van der Waals surface area contributed by atoms with Crippen LogP contribution in [0.3, 0.4) is 0 Å². The number of halogens is 3. The number of carbonyl (C=O) groups is 3. The van der Waals surface area contributed by atoms with Gasteiger partial charge in [0, 0.05) is 18.7 Å². The third-order valence-corrected chi connectivity index (χ3v) is 4.46. The predicted octanol–water partition coefficient (Wildman–Crippen LogP) is 2.27. The fraction of sp³-hybridized carbons (Fsp3) is 0.238. The molecule has 4 N–H and O–H groups in total. The minimum Gasteiger partial charge on any atom is -0.489 e. The SMILES string of the molecule is N=C(N)c1ccc(COc2ccc3c(c2)CCN(C(=O)C(=O)O)C3)cc1.O=CC(F)(F)F. The van der Waals surface area contributed by atoms with Crippen molar-refractivity contribution in [3.05, 3.63) is 64.7 Å². The molecule has 0 saturated heterocycles. The third kappa shape index (κ3) is 7.11. The Morgan fingerprint density at radius 2 is 1.78 bits per heavy atom. The molecular weight excluding hydrogens is 431 g/mol. The molecule has 8 nitrogen and oxygen atoms in total. The zero-order valence-electron chi connectivity index (χ0n) is 16.7. The van der Waals surface area contributed by atoms with E-state index in [4.69, 9.17) is 25.8 Å². The van der Waals surface area contributed by atoms with E-state index < -0.39 is 24.3 Å². The lowest BCUT2D eigenvalue weighted by Crippen LogP contribution is -2.39. The highest BCUT2D eigenvalue weighted by Gasteiger charge is 2.26. The summed E-state index contributed by atoms with van der Waals surface area (Å²) in [5, 5.41) is 16.2. The van der Waals surface area contributed by atoms with Crippen LogP contribution in [0.5, 0.6) is 5.75 Å². The van der Waals surface area contributed by atoms with Crippen LogP contribution in [0.4, 0.5) is 13.2 Å². The van der Waals surface area contributed by atoms with Gasteiger partial charge in [-0.15, -0.1) is 0 Å². The van der Waals surface area contributed by atoms with Crippen LogP contribution in [0.2, 0.25) is 0 Å². The van der Waals surface area contributed by atoms with E-state index >= 15 is 0 Å². The van der Waals surface area contributed by atoms with Gasteiger partial charge >= 0.3 is 18.1 Å². The number of nitrogens with two attached hydrogens (primary N) is 1. The van der Waals surface area contributed by atoms with Crippen LogP contribution in [0, 0.1) is 5.41 Å². The van der Waals surface area contributed by atoms with Crippen LogP contribution in [0.15, 0.2) is 42.5 Å². The van der Waals surface area contributed by atoms with E-state index in [2.05, 4.69) is 0 Å². The van der Waals surface area contributed by atoms with Crippen molar-refractivity contribution in [2.75, 3.05) is 6.54 Å². The second kappa shape index (κ2) is 10.4. The quantitative estimate of drug-likeness (QED) is 0.283. The Hall–Kier alpha value is -3.89. The molecule has 0 aliphatic carbocycles. The molecule has 0 atom stereocenters. The van der Waals surface area contributed by atoms with Gasteiger partial charge < -0.3 is 20.5 Å². The number of hydrogen-bond donors (Lipinski definition) is 3. The Kier molecular flexibility index (Phi) is 7.94. The van der Waals surface area contributed by atoms with Gasteiger partial charge in [0.25, 0.3) is 0 Å². The second-order valence-electron chi connectivity index (χ2n) is 6.77. The Bertz CT molecular complexity index is 1010. The molecule has 1 aliphatic heterocycles. The summed E-state index contributed by atoms with van der Waals surface area (Å²) in [4.78, 5) is 32.4. The number of carboxylic acid groups (broad SMARTS) is 1. The van der Waals surface area contributed by atoms with Gasteiger partial charge in [-0.1, -0.05) is 30.3 Å². The van der Waals surface area contributed by atoms with Gasteiger partial charge in [0.05, 0.1) is 0 Å². The Balaban J connectivity index is 0.000000534. The van der Waals surface area contributed by atoms with Crippen molar-refractivity contribution in [3.8, 4) is 5.75 Å². The number of aldehydes is 1. The number of rotatable bonds is 4. The molecule has 3 rings (SSSR count). The van der Waals surface area contributed by atoms with Crippen molar-refractivity contribution in [2.24, 2.45) is 5.73 Å². The maximum atomic E-state index is 11.6. The van der Waals surface area contributed by atoms with Crippen LogP contribution in [-0.4, -0.2) is 46.7 Å². The highest BCUT2D eigenvalue weighted by atomic mass is 19.4. The van der Waals surface area contributed by atoms with Gasteiger partial charge in [0.15, 0.2) is 0 Å². The lowest BCUT2D eigenvalue weighted by molar-refractivity contribution is -0.156. The van der Waals surface area contributed by atoms with Gasteiger partial charge in [-0.3, -0.25) is 15.0 Å². The molecule has 0 radical (unpaired) electrons. The van der Waals surface area contributed by atoms with Crippen molar-refractivity contribution < 1.29 is 37.4 Å². The number of benzene rings is 2. The molecule has 2 aromatic carbocycles. The van der Waals surface area contributed by atoms with Crippen LogP contribution < -0.4 is 10.5 Å². The molecule has 2 aromatic rings. The summed E-state index contributed by atoms with van der Waals surface area (Å²) < 4.78 is 37.1. The van der Waals surface area contributed by atoms with E-state index in [1.807, 2.05) is 30.3 Å². The Morgan fingerprint density at radius 1 is 1.16 bits per heavy atom. The zero-order valence-corrected chi connectivity index (χ0v) is 16.7. The van der Waals surface area contributed by atoms with Crippen molar-refractivity contribution in [2.45, 2.75) is 25.7 Å². The summed E-state index contributed by atoms with van der Waals surface area (Å²) in [5.41, 5.74) is 9.06. The molecular formula is C21H20F3N3O5. The summed E-state index contributed by atoms with van der Waals surface area (Å²) in [6.45, 7) is 1.07. The molecule has 170 valence electrons. The first-order chi connectivity index (χ1) is 15.0. The largest absolute Gasteiger partial charge is 0.489 e. The number of nitrogens with one attached hydrogen (secondary N) is 1. The van der Waals surface area contributed by atoms with E-state index in [1.54, 1.807) is 12.1 Å². The van der Waals surface area contributed by atoms with E-state index in [0.29, 0.717) is 31.7 Å². The average Bonchev–Trinajstić information content (AvgIpc) is 2.76.